The first-order chi connectivity index (χ1) is 44.4. The number of carbonyl (C=O) groups excluding carboxylic acids is 11. The second kappa shape index (κ2) is 38.6. The monoisotopic (exact) mass is 1320 g/mol. The number of likely N-dealkylation sites (N-methyl/N-ethyl adjacent to an activating group) is 2. The summed E-state index contributed by atoms with van der Waals surface area (Å²) in [5, 5.41) is 19.7. The van der Waals surface area contributed by atoms with Crippen molar-refractivity contribution in [3.63, 3.8) is 0 Å². The van der Waals surface area contributed by atoms with Crippen molar-refractivity contribution in [2.75, 3.05) is 66.9 Å². The highest BCUT2D eigenvalue weighted by atomic mass is 16.5. The number of benzene rings is 2. The van der Waals surface area contributed by atoms with E-state index in [0.717, 1.165) is 5.56 Å². The number of ether oxygens (including phenoxy) is 2. The van der Waals surface area contributed by atoms with Gasteiger partial charge in [-0.2, -0.15) is 0 Å². The Morgan fingerprint density at radius 2 is 1.27 bits per heavy atom. The standard InChI is InChI=1S/C68H109N13O13/c1-15-43(8)59(79(12)67(91)57(41(4)5)77-66(90)58(42(6)7)78(10)11)52(93-13)38-55(84)81-34-20-24-51(81)60(94-14)44(9)62(86)75-50(37-45-21-17-16-18-22-45)63(87)72-39-46-25-27-48(28-26-46)73-64(88)49(23-19-33-71-68(70)92)74-65(89)56(40(2)3)76-53(82)29-30-54(83)80-35-31-47(32-36-80)61(69)85/h16-18,21-22,25-28,40-44,47,49-52,56-60H,15,19-20,23-24,29-39H2,1-14H3,(H2,69,85)(H,72,87)(H,73,88)(H,74,89)(H,75,86)(H,76,82)(H,77,90)(H3,70,71,92)/t43-,44+,49-,50-,51-,52+,56-,57-,58-,59-,60+/m0/s1. The number of methoxy groups -OCH3 is 2. The number of nitrogens with one attached hydrogen (secondary N) is 7. The van der Waals surface area contributed by atoms with Gasteiger partial charge in [0, 0.05) is 84.9 Å². The second-order valence-electron chi connectivity index (χ2n) is 26.5. The number of nitrogens with zero attached hydrogens (tertiary/aromatic N) is 4. The van der Waals surface area contributed by atoms with Gasteiger partial charge in [0.15, 0.2) is 0 Å². The molecule has 12 amide bonds. The summed E-state index contributed by atoms with van der Waals surface area (Å²) in [4.78, 5) is 155. The van der Waals surface area contributed by atoms with Crippen molar-refractivity contribution < 1.29 is 62.2 Å². The molecule has 2 aromatic carbocycles. The predicted octanol–water partition coefficient (Wildman–Crippen LogP) is 3.19. The van der Waals surface area contributed by atoms with Crippen LogP contribution in [0.1, 0.15) is 138 Å². The largest absolute Gasteiger partial charge is 0.379 e. The van der Waals surface area contributed by atoms with E-state index in [1.165, 1.54) is 14.2 Å². The number of carbonyl (C=O) groups is 11. The number of hydrogen-bond acceptors (Lipinski definition) is 14. The van der Waals surface area contributed by atoms with Crippen molar-refractivity contribution in [3.05, 3.63) is 65.7 Å². The summed E-state index contributed by atoms with van der Waals surface area (Å²) < 4.78 is 12.2. The second-order valence-corrected chi connectivity index (χ2v) is 26.5. The summed E-state index contributed by atoms with van der Waals surface area (Å²) >= 11 is 0. The minimum Gasteiger partial charge on any atom is -0.379 e. The molecule has 0 unspecified atom stereocenters. The van der Waals surface area contributed by atoms with Gasteiger partial charge < -0.3 is 72.9 Å². The molecule has 26 heteroatoms. The fourth-order valence-corrected chi connectivity index (χ4v) is 12.6. The highest BCUT2D eigenvalue weighted by molar-refractivity contribution is 5.99. The lowest BCUT2D eigenvalue weighted by molar-refractivity contribution is -0.148. The molecule has 4 rings (SSSR count). The number of piperidine rings is 1. The number of anilines is 1. The van der Waals surface area contributed by atoms with E-state index in [1.807, 2.05) is 90.9 Å². The van der Waals surface area contributed by atoms with Crippen molar-refractivity contribution in [1.82, 2.24) is 51.5 Å². The number of primary amides is 2. The average molecular weight is 1320 g/mol. The molecule has 2 saturated heterocycles. The number of nitrogens with two attached hydrogens (primary N) is 2. The first kappa shape index (κ1) is 78.7. The van der Waals surface area contributed by atoms with Crippen molar-refractivity contribution in [2.24, 2.45) is 47.0 Å². The summed E-state index contributed by atoms with van der Waals surface area (Å²) in [6, 6.07) is 9.54. The Morgan fingerprint density at radius 3 is 1.82 bits per heavy atom. The number of likely N-dealkylation sites (tertiary alicyclic amines) is 2. The lowest BCUT2D eigenvalue weighted by Gasteiger charge is -2.41. The molecule has 94 heavy (non-hydrogen) atoms. The molecule has 0 aromatic heterocycles. The smallest absolute Gasteiger partial charge is 0.312 e. The van der Waals surface area contributed by atoms with Crippen LogP contribution in [0.2, 0.25) is 0 Å². The van der Waals surface area contributed by atoms with Gasteiger partial charge in [-0.15, -0.1) is 0 Å². The summed E-state index contributed by atoms with van der Waals surface area (Å²) in [5.74, 6) is -6.03. The maximum atomic E-state index is 14.6. The first-order valence-electron chi connectivity index (χ1n) is 33.2. The minimum absolute atomic E-state index is 0.00672. The Kier molecular flexibility index (Phi) is 32.3. The Labute approximate surface area is 555 Å². The van der Waals surface area contributed by atoms with E-state index in [9.17, 15) is 52.7 Å². The maximum Gasteiger partial charge on any atom is 0.312 e. The summed E-state index contributed by atoms with van der Waals surface area (Å²) in [5.41, 5.74) is 12.5. The summed E-state index contributed by atoms with van der Waals surface area (Å²) in [6.07, 6.45) is 1.38. The van der Waals surface area contributed by atoms with Gasteiger partial charge in [0.2, 0.25) is 59.1 Å². The highest BCUT2D eigenvalue weighted by Crippen LogP contribution is 2.30. The summed E-state index contributed by atoms with van der Waals surface area (Å²) in [7, 11) is 8.39. The lowest BCUT2D eigenvalue weighted by atomic mass is 9.89. The third-order valence-corrected chi connectivity index (χ3v) is 18.2. The van der Waals surface area contributed by atoms with Crippen LogP contribution < -0.4 is 48.7 Å². The van der Waals surface area contributed by atoms with E-state index in [-0.39, 0.29) is 98.9 Å². The van der Waals surface area contributed by atoms with Crippen LogP contribution in [-0.4, -0.2) is 201 Å². The van der Waals surface area contributed by atoms with Crippen molar-refractivity contribution in [1.29, 1.82) is 0 Å². The molecule has 0 saturated carbocycles. The van der Waals surface area contributed by atoms with E-state index in [1.54, 1.807) is 66.8 Å². The highest BCUT2D eigenvalue weighted by Gasteiger charge is 2.44. The molecule has 0 radical (unpaired) electrons. The van der Waals surface area contributed by atoms with Crippen LogP contribution in [0.4, 0.5) is 10.5 Å². The molecule has 11 N–H and O–H groups in total. The topological polar surface area (TPSA) is 355 Å². The van der Waals surface area contributed by atoms with Crippen LogP contribution in [0.15, 0.2) is 54.6 Å². The molecule has 2 aromatic rings. The van der Waals surface area contributed by atoms with Gasteiger partial charge in [0.1, 0.15) is 24.2 Å². The quantitative estimate of drug-likeness (QED) is 0.0439. The third kappa shape index (κ3) is 23.6. The van der Waals surface area contributed by atoms with Crippen LogP contribution in [0.25, 0.3) is 0 Å². The molecular formula is C68H109N13O13. The maximum absolute atomic E-state index is 14.6. The van der Waals surface area contributed by atoms with Gasteiger partial charge in [0.25, 0.3) is 0 Å². The molecule has 2 heterocycles. The van der Waals surface area contributed by atoms with Gasteiger partial charge in [-0.3, -0.25) is 52.8 Å². The zero-order valence-electron chi connectivity index (χ0n) is 57.9. The van der Waals surface area contributed by atoms with Crippen LogP contribution in [0, 0.1) is 35.5 Å². The van der Waals surface area contributed by atoms with E-state index in [4.69, 9.17) is 20.9 Å². The Morgan fingerprint density at radius 1 is 0.638 bits per heavy atom. The average Bonchev–Trinajstić information content (AvgIpc) is 1.41. The van der Waals surface area contributed by atoms with E-state index in [2.05, 4.69) is 37.2 Å². The van der Waals surface area contributed by atoms with Crippen LogP contribution in [0.3, 0.4) is 0 Å². The van der Waals surface area contributed by atoms with Crippen molar-refractivity contribution >= 4 is 70.8 Å². The van der Waals surface area contributed by atoms with E-state index in [0.29, 0.717) is 63.0 Å². The van der Waals surface area contributed by atoms with Gasteiger partial charge in [0.05, 0.1) is 42.7 Å². The fraction of sp³-hybridized carbons (Fsp3) is 0.662. The first-order valence-corrected chi connectivity index (χ1v) is 33.2. The van der Waals surface area contributed by atoms with Gasteiger partial charge >= 0.3 is 6.03 Å². The molecule has 0 bridgehead atoms. The predicted molar refractivity (Wildman–Crippen MR) is 357 cm³/mol. The molecule has 0 aliphatic carbocycles. The SMILES string of the molecule is CC[C@H](C)[C@@H]([C@@H](CC(=O)N1CCC[C@H]1[C@H](OC)[C@@H](C)C(=O)N[C@@H](Cc1ccccc1)C(=O)NCc1ccc(NC(=O)[C@H](CCCNC(N)=O)NC(=O)[C@@H](NC(=O)CCC(=O)N2CCC(C(N)=O)CC2)C(C)C)cc1)OC)N(C)C(=O)[C@@H](NC(=O)[C@H](C(C)C)N(C)C)C(C)C. The zero-order valence-corrected chi connectivity index (χ0v) is 57.9. The van der Waals surface area contributed by atoms with Crippen molar-refractivity contribution in [3.8, 4) is 0 Å². The van der Waals surface area contributed by atoms with Gasteiger partial charge in [-0.05, 0) is 99.6 Å². The van der Waals surface area contributed by atoms with Crippen LogP contribution in [0.5, 0.6) is 0 Å². The Bertz CT molecular complexity index is 2830. The Hall–Kier alpha value is -7.71. The normalized spacial score (nSPS) is 17.5. The number of hydrogen-bond donors (Lipinski definition) is 9. The lowest BCUT2D eigenvalue weighted by Crippen LogP contribution is -2.59. The summed E-state index contributed by atoms with van der Waals surface area (Å²) in [6.45, 7) is 18.1. The number of amides is 12. The number of rotatable bonds is 37. The van der Waals surface area contributed by atoms with E-state index < -0.39 is 108 Å². The molecule has 2 aliphatic rings. The minimum atomic E-state index is -1.13. The van der Waals surface area contributed by atoms with Crippen molar-refractivity contribution in [2.45, 2.75) is 194 Å². The third-order valence-electron chi connectivity index (χ3n) is 18.2. The van der Waals surface area contributed by atoms with E-state index >= 15 is 0 Å². The molecule has 2 aliphatic heterocycles. The molecule has 524 valence electrons. The molecule has 11 atom stereocenters. The van der Waals surface area contributed by atoms with Crippen LogP contribution >= 0.6 is 0 Å². The molecule has 2 fully saturated rings. The number of urea groups is 1. The fourth-order valence-electron chi connectivity index (χ4n) is 12.6. The molecule has 26 nitrogen and oxygen atoms in total. The molecular weight excluding hydrogens is 1210 g/mol. The Balaban J connectivity index is 1.43. The van der Waals surface area contributed by atoms with Crippen LogP contribution in [-0.2, 0) is 70.4 Å². The van der Waals surface area contributed by atoms with Gasteiger partial charge in [-0.25, -0.2) is 4.79 Å². The molecule has 0 spiro atoms. The zero-order chi connectivity index (χ0) is 70.1. The van der Waals surface area contributed by atoms with Gasteiger partial charge in [-0.1, -0.05) is 111 Å².